The highest BCUT2D eigenvalue weighted by Crippen LogP contribution is 2.21. The second-order valence-corrected chi connectivity index (χ2v) is 5.84. The van der Waals surface area contributed by atoms with Crippen LogP contribution < -0.4 is 5.32 Å². The molecular formula is C14H23N3OS. The van der Waals surface area contributed by atoms with E-state index in [9.17, 15) is 4.79 Å². The molecule has 0 bridgehead atoms. The Hall–Kier alpha value is -0.940. The van der Waals surface area contributed by atoms with Crippen molar-refractivity contribution in [1.82, 2.24) is 15.2 Å². The Morgan fingerprint density at radius 1 is 1.58 bits per heavy atom. The summed E-state index contributed by atoms with van der Waals surface area (Å²) in [5, 5.41) is 5.70. The van der Waals surface area contributed by atoms with E-state index < -0.39 is 0 Å². The van der Waals surface area contributed by atoms with Crippen LogP contribution >= 0.6 is 11.3 Å². The highest BCUT2D eigenvalue weighted by molar-refractivity contribution is 7.07. The van der Waals surface area contributed by atoms with E-state index >= 15 is 0 Å². The fourth-order valence-corrected chi connectivity index (χ4v) is 3.28. The molecule has 1 aromatic rings. The summed E-state index contributed by atoms with van der Waals surface area (Å²) in [5.74, 6) is 0.847. The van der Waals surface area contributed by atoms with Gasteiger partial charge in [-0.15, -0.1) is 11.3 Å². The number of nitrogens with zero attached hydrogens (tertiary/aromatic N) is 2. The zero-order valence-electron chi connectivity index (χ0n) is 11.8. The van der Waals surface area contributed by atoms with Crippen LogP contribution in [0, 0.1) is 5.92 Å². The Bertz CT molecular complexity index is 393. The molecule has 1 aliphatic heterocycles. The lowest BCUT2D eigenvalue weighted by atomic mass is 9.89. The van der Waals surface area contributed by atoms with Crippen LogP contribution in [-0.4, -0.2) is 34.9 Å². The molecule has 4 nitrogen and oxygen atoms in total. The van der Waals surface area contributed by atoms with Crippen molar-refractivity contribution in [2.24, 2.45) is 5.92 Å². The maximum atomic E-state index is 11.8. The van der Waals surface area contributed by atoms with Gasteiger partial charge in [0.15, 0.2) is 0 Å². The fourth-order valence-electron chi connectivity index (χ4n) is 2.73. The Morgan fingerprint density at radius 3 is 3.05 bits per heavy atom. The Balaban J connectivity index is 1.86. The predicted octanol–water partition coefficient (Wildman–Crippen LogP) is 2.27. The summed E-state index contributed by atoms with van der Waals surface area (Å²) in [4.78, 5) is 18.1. The number of amides is 1. The van der Waals surface area contributed by atoms with Crippen LogP contribution in [0.25, 0.3) is 0 Å². The molecule has 0 spiro atoms. The number of thiazole rings is 1. The monoisotopic (exact) mass is 281 g/mol. The van der Waals surface area contributed by atoms with Gasteiger partial charge in [-0.25, -0.2) is 4.98 Å². The van der Waals surface area contributed by atoms with Gasteiger partial charge in [0.25, 0.3) is 0 Å². The van der Waals surface area contributed by atoms with E-state index in [1.807, 2.05) is 17.3 Å². The molecule has 2 unspecified atom stereocenters. The molecule has 2 atom stereocenters. The van der Waals surface area contributed by atoms with Gasteiger partial charge in [0.1, 0.15) is 0 Å². The molecule has 0 aliphatic carbocycles. The lowest BCUT2D eigenvalue weighted by Crippen LogP contribution is -2.50. The third kappa shape index (κ3) is 3.76. The van der Waals surface area contributed by atoms with Gasteiger partial charge in [0.2, 0.25) is 5.91 Å². The number of likely N-dealkylation sites (tertiary alicyclic amines) is 1. The minimum atomic E-state index is 0.288. The van der Waals surface area contributed by atoms with E-state index in [1.165, 1.54) is 0 Å². The average molecular weight is 281 g/mol. The Labute approximate surface area is 119 Å². The summed E-state index contributed by atoms with van der Waals surface area (Å²) < 4.78 is 0. The first kappa shape index (κ1) is 14.5. The second kappa shape index (κ2) is 7.01. The van der Waals surface area contributed by atoms with E-state index in [2.05, 4.69) is 22.6 Å². The van der Waals surface area contributed by atoms with Crippen molar-refractivity contribution in [2.75, 3.05) is 13.1 Å². The number of carbonyl (C=O) groups excluding carboxylic acids is 1. The van der Waals surface area contributed by atoms with Crippen LogP contribution in [0.15, 0.2) is 10.9 Å². The molecule has 1 amide bonds. The summed E-state index contributed by atoms with van der Waals surface area (Å²) >= 11 is 1.64. The first-order valence-electron chi connectivity index (χ1n) is 7.12. The quantitative estimate of drug-likeness (QED) is 0.900. The highest BCUT2D eigenvalue weighted by atomic mass is 32.1. The average Bonchev–Trinajstić information content (AvgIpc) is 2.97. The summed E-state index contributed by atoms with van der Waals surface area (Å²) in [5.41, 5.74) is 2.99. The molecule has 5 heteroatoms. The molecule has 19 heavy (non-hydrogen) atoms. The fraction of sp³-hybridized carbons (Fsp3) is 0.714. The molecule has 106 valence electrons. The van der Waals surface area contributed by atoms with Gasteiger partial charge in [-0.05, 0) is 12.3 Å². The summed E-state index contributed by atoms with van der Waals surface area (Å²) in [7, 11) is 0. The third-order valence-corrected chi connectivity index (χ3v) is 4.58. The number of nitrogens with one attached hydrogen (secondary N) is 1. The number of piperidine rings is 1. The van der Waals surface area contributed by atoms with Gasteiger partial charge < -0.3 is 10.2 Å². The molecule has 1 N–H and O–H groups in total. The molecule has 0 aromatic carbocycles. The zero-order chi connectivity index (χ0) is 13.7. The highest BCUT2D eigenvalue weighted by Gasteiger charge is 2.29. The largest absolute Gasteiger partial charge is 0.342 e. The standard InChI is InChI=1S/C14H23N3OS/c1-3-11-8-17(14(18)4-2)6-5-13(11)15-7-12-9-19-10-16-12/h9-11,13,15H,3-8H2,1-2H3. The summed E-state index contributed by atoms with van der Waals surface area (Å²) in [6, 6.07) is 0.507. The van der Waals surface area contributed by atoms with E-state index in [0.717, 1.165) is 38.2 Å². The van der Waals surface area contributed by atoms with Crippen molar-refractivity contribution in [2.45, 2.75) is 45.7 Å². The maximum absolute atomic E-state index is 11.8. The lowest BCUT2D eigenvalue weighted by molar-refractivity contribution is -0.133. The van der Waals surface area contributed by atoms with Crippen molar-refractivity contribution in [3.05, 3.63) is 16.6 Å². The van der Waals surface area contributed by atoms with Gasteiger partial charge in [-0.1, -0.05) is 20.3 Å². The van der Waals surface area contributed by atoms with Crippen molar-refractivity contribution >= 4 is 17.2 Å². The van der Waals surface area contributed by atoms with Crippen LogP contribution in [0.5, 0.6) is 0 Å². The van der Waals surface area contributed by atoms with E-state index in [-0.39, 0.29) is 5.91 Å². The number of hydrogen-bond donors (Lipinski definition) is 1. The topological polar surface area (TPSA) is 45.2 Å². The van der Waals surface area contributed by atoms with Crippen molar-refractivity contribution in [1.29, 1.82) is 0 Å². The smallest absolute Gasteiger partial charge is 0.222 e. The minimum absolute atomic E-state index is 0.288. The van der Waals surface area contributed by atoms with Crippen molar-refractivity contribution in [3.63, 3.8) is 0 Å². The molecule has 0 saturated carbocycles. The normalized spacial score (nSPS) is 23.6. The van der Waals surface area contributed by atoms with E-state index in [1.54, 1.807) is 11.3 Å². The van der Waals surface area contributed by atoms with Gasteiger partial charge >= 0.3 is 0 Å². The SMILES string of the molecule is CCC(=O)N1CCC(NCc2cscn2)C(CC)C1. The molecule has 0 radical (unpaired) electrons. The van der Waals surface area contributed by atoms with Gasteiger partial charge in [0, 0.05) is 37.5 Å². The van der Waals surface area contributed by atoms with Crippen LogP contribution in [0.1, 0.15) is 38.8 Å². The predicted molar refractivity (Wildman–Crippen MR) is 78.0 cm³/mol. The summed E-state index contributed by atoms with van der Waals surface area (Å²) in [6.45, 7) is 6.78. The molecule has 1 saturated heterocycles. The molecule has 2 heterocycles. The first-order valence-corrected chi connectivity index (χ1v) is 8.07. The Morgan fingerprint density at radius 2 is 2.42 bits per heavy atom. The number of carbonyl (C=O) groups is 1. The number of rotatable bonds is 5. The molecule has 2 rings (SSSR count). The number of hydrogen-bond acceptors (Lipinski definition) is 4. The number of aromatic nitrogens is 1. The van der Waals surface area contributed by atoms with Crippen LogP contribution in [-0.2, 0) is 11.3 Å². The maximum Gasteiger partial charge on any atom is 0.222 e. The van der Waals surface area contributed by atoms with Gasteiger partial charge in [-0.2, -0.15) is 0 Å². The molecule has 1 aliphatic rings. The molecular weight excluding hydrogens is 258 g/mol. The van der Waals surface area contributed by atoms with Gasteiger partial charge in [0.05, 0.1) is 11.2 Å². The first-order chi connectivity index (χ1) is 9.24. The van der Waals surface area contributed by atoms with E-state index in [4.69, 9.17) is 0 Å². The zero-order valence-corrected chi connectivity index (χ0v) is 12.6. The Kier molecular flexibility index (Phi) is 5.34. The minimum Gasteiger partial charge on any atom is -0.342 e. The van der Waals surface area contributed by atoms with E-state index in [0.29, 0.717) is 18.4 Å². The molecule has 1 aromatic heterocycles. The summed E-state index contributed by atoms with van der Waals surface area (Å²) in [6.07, 6.45) is 2.78. The van der Waals surface area contributed by atoms with Crippen molar-refractivity contribution < 1.29 is 4.79 Å². The lowest BCUT2D eigenvalue weighted by Gasteiger charge is -2.38. The molecule has 1 fully saturated rings. The van der Waals surface area contributed by atoms with Crippen LogP contribution in [0.3, 0.4) is 0 Å². The van der Waals surface area contributed by atoms with Crippen LogP contribution in [0.2, 0.25) is 0 Å². The third-order valence-electron chi connectivity index (χ3n) is 3.94. The van der Waals surface area contributed by atoms with Crippen LogP contribution in [0.4, 0.5) is 0 Å². The van der Waals surface area contributed by atoms with Gasteiger partial charge in [-0.3, -0.25) is 4.79 Å². The van der Waals surface area contributed by atoms with Crippen molar-refractivity contribution in [3.8, 4) is 0 Å². The second-order valence-electron chi connectivity index (χ2n) is 5.12.